The molecule has 0 saturated carbocycles. The lowest BCUT2D eigenvalue weighted by Gasteiger charge is -2.30. The van der Waals surface area contributed by atoms with Crippen LogP contribution < -0.4 is 15.1 Å². The predicted molar refractivity (Wildman–Crippen MR) is 94.1 cm³/mol. The van der Waals surface area contributed by atoms with E-state index in [0.29, 0.717) is 23.5 Å². The van der Waals surface area contributed by atoms with Crippen molar-refractivity contribution in [3.8, 4) is 0 Å². The van der Waals surface area contributed by atoms with E-state index in [4.69, 9.17) is 9.84 Å². The first-order chi connectivity index (χ1) is 13.7. The fourth-order valence-corrected chi connectivity index (χ4v) is 3.14. The maximum atomic E-state index is 10.6. The molecule has 2 aromatic rings. The Morgan fingerprint density at radius 2 is 2.14 bits per heavy atom. The monoisotopic (exact) mass is 429 g/mol. The second-order valence-corrected chi connectivity index (χ2v) is 7.58. The van der Waals surface area contributed by atoms with Crippen molar-refractivity contribution in [2.45, 2.75) is 31.5 Å². The van der Waals surface area contributed by atoms with E-state index in [2.05, 4.69) is 24.8 Å². The van der Waals surface area contributed by atoms with Crippen molar-refractivity contribution in [1.29, 1.82) is 0 Å². The van der Waals surface area contributed by atoms with Crippen LogP contribution in [0.4, 0.5) is 5.82 Å². The Kier molecular flexibility index (Phi) is 6.61. The number of fused-ring (bicyclic) bond motifs is 1. The van der Waals surface area contributed by atoms with Crippen LogP contribution in [0.5, 0.6) is 0 Å². The van der Waals surface area contributed by atoms with E-state index in [0.717, 1.165) is 5.57 Å². The highest BCUT2D eigenvalue weighted by Gasteiger charge is 2.44. The lowest BCUT2D eigenvalue weighted by Crippen LogP contribution is -2.34. The molecule has 1 aliphatic heterocycles. The average Bonchev–Trinajstić information content (AvgIpc) is 3.22. The third-order valence-electron chi connectivity index (χ3n) is 4.34. The van der Waals surface area contributed by atoms with Gasteiger partial charge in [-0.2, -0.15) is 0 Å². The molecule has 0 aromatic carbocycles. The Balaban J connectivity index is 1.80. The van der Waals surface area contributed by atoms with E-state index in [1.807, 2.05) is 0 Å². The first-order valence-corrected chi connectivity index (χ1v) is 10.0. The van der Waals surface area contributed by atoms with Crippen LogP contribution in [-0.2, 0) is 13.8 Å². The van der Waals surface area contributed by atoms with Gasteiger partial charge >= 0.3 is 0 Å². The Hall–Kier alpha value is -1.96. The molecule has 1 fully saturated rings. The number of aliphatic hydroxyl groups excluding tert-OH is 3. The Morgan fingerprint density at radius 1 is 1.38 bits per heavy atom. The molecule has 13 nitrogen and oxygen atoms in total. The Morgan fingerprint density at radius 3 is 2.83 bits per heavy atom. The van der Waals surface area contributed by atoms with Gasteiger partial charge in [0, 0.05) is 6.54 Å². The van der Waals surface area contributed by atoms with Crippen LogP contribution in [0.15, 0.2) is 24.3 Å². The number of hydrogen-bond acceptors (Lipinski definition) is 12. The molecule has 0 radical (unpaired) electrons. The Bertz CT molecular complexity index is 931. The van der Waals surface area contributed by atoms with Crippen LogP contribution >= 0.6 is 7.82 Å². The molecule has 1 aliphatic rings. The van der Waals surface area contributed by atoms with Gasteiger partial charge in [0.2, 0.25) is 0 Å². The van der Waals surface area contributed by atoms with Crippen LogP contribution in [0.3, 0.4) is 0 Å². The second-order valence-electron chi connectivity index (χ2n) is 6.43. The first-order valence-electron chi connectivity index (χ1n) is 8.57. The highest BCUT2D eigenvalue weighted by molar-refractivity contribution is 7.43. The number of rotatable bonds is 8. The molecule has 0 aliphatic carbocycles. The zero-order chi connectivity index (χ0) is 21.2. The zero-order valence-electron chi connectivity index (χ0n) is 15.3. The third kappa shape index (κ3) is 4.97. The number of aliphatic hydroxyl groups is 3. The molecule has 0 spiro atoms. The molecule has 3 rings (SSSR count). The van der Waals surface area contributed by atoms with Crippen molar-refractivity contribution >= 4 is 24.8 Å². The van der Waals surface area contributed by atoms with E-state index in [1.165, 1.54) is 17.2 Å². The van der Waals surface area contributed by atoms with E-state index in [1.54, 1.807) is 13.0 Å². The topological polar surface area (TPSA) is 198 Å². The summed E-state index contributed by atoms with van der Waals surface area (Å²) in [5, 5.41) is 32.4. The summed E-state index contributed by atoms with van der Waals surface area (Å²) >= 11 is 0. The van der Waals surface area contributed by atoms with Crippen molar-refractivity contribution in [1.82, 2.24) is 19.5 Å². The van der Waals surface area contributed by atoms with Crippen molar-refractivity contribution in [3.63, 3.8) is 0 Å². The van der Waals surface area contributed by atoms with Crippen LogP contribution in [-0.4, -0.2) is 72.9 Å². The zero-order valence-corrected chi connectivity index (χ0v) is 16.2. The maximum Gasteiger partial charge on any atom is 0.167 e. The number of nitrogens with zero attached hydrogens (tertiary/aromatic N) is 4. The summed E-state index contributed by atoms with van der Waals surface area (Å²) in [5.41, 5.74) is 1.44. The fraction of sp³-hybridized carbons (Fsp3) is 0.533. The minimum absolute atomic E-state index is 0.0618. The van der Waals surface area contributed by atoms with Crippen LogP contribution in [0.25, 0.3) is 11.2 Å². The molecule has 4 N–H and O–H groups in total. The van der Waals surface area contributed by atoms with Gasteiger partial charge in [0.25, 0.3) is 0 Å². The molecule has 0 amide bonds. The van der Waals surface area contributed by atoms with Crippen molar-refractivity contribution in [3.05, 3.63) is 24.3 Å². The van der Waals surface area contributed by atoms with Gasteiger partial charge in [0.05, 0.1) is 27.4 Å². The molecule has 14 heteroatoms. The smallest absolute Gasteiger partial charge is 0.167 e. The van der Waals surface area contributed by atoms with Crippen molar-refractivity contribution < 1.29 is 38.9 Å². The van der Waals surface area contributed by atoms with Gasteiger partial charge in [0.15, 0.2) is 23.2 Å². The first kappa shape index (κ1) is 21.7. The SMILES string of the molecule is C/C(=C\CNc1ncnc2c1ncn2[C@@H]1O[C@H](COP(=O)([O-])[O-])[C@@H](O)[C@H]1O)CO. The standard InChI is InChI=1S/C15H22N5O8P/c1-8(4-21)2-3-16-13-10-14(18-6-17-13)20(7-19-10)15-12(23)11(22)9(28-15)5-27-29(24,25)26/h2,6-7,9,11-12,15,21-23H,3-5H2,1H3,(H,16,17,18)(H2,24,25,26)/p-2/b8-2+/t9-,11-,12-,15-/m1/s1. The van der Waals surface area contributed by atoms with Gasteiger partial charge < -0.3 is 44.2 Å². The van der Waals surface area contributed by atoms with E-state index in [9.17, 15) is 24.6 Å². The highest BCUT2D eigenvalue weighted by Crippen LogP contribution is 2.34. The quantitative estimate of drug-likeness (QED) is 0.258. The number of imidazole rings is 1. The fourth-order valence-electron chi connectivity index (χ4n) is 2.82. The van der Waals surface area contributed by atoms with Gasteiger partial charge in [-0.05, 0) is 6.92 Å². The second kappa shape index (κ2) is 8.81. The molecule has 160 valence electrons. The number of aromatic nitrogens is 4. The van der Waals surface area contributed by atoms with Crippen LogP contribution in [0, 0.1) is 0 Å². The molecule has 0 bridgehead atoms. The van der Waals surface area contributed by atoms with Gasteiger partial charge in [-0.3, -0.25) is 4.57 Å². The van der Waals surface area contributed by atoms with Gasteiger partial charge in [0.1, 0.15) is 24.6 Å². The molecular formula is C15H20N5O8P-2. The molecule has 29 heavy (non-hydrogen) atoms. The molecule has 3 heterocycles. The number of phosphoric ester groups is 1. The Labute approximate surface area is 164 Å². The molecular weight excluding hydrogens is 409 g/mol. The minimum Gasteiger partial charge on any atom is -0.790 e. The summed E-state index contributed by atoms with van der Waals surface area (Å²) in [7, 11) is -5.25. The lowest BCUT2D eigenvalue weighted by atomic mass is 10.1. The third-order valence-corrected chi connectivity index (χ3v) is 4.80. The average molecular weight is 429 g/mol. The number of ether oxygens (including phenoxy) is 1. The van der Waals surface area contributed by atoms with Gasteiger partial charge in [-0.15, -0.1) is 0 Å². The summed E-state index contributed by atoms with van der Waals surface area (Å²) in [6.45, 7) is 1.36. The number of hydrogen-bond donors (Lipinski definition) is 4. The van der Waals surface area contributed by atoms with Crippen molar-refractivity contribution in [2.75, 3.05) is 25.1 Å². The van der Waals surface area contributed by atoms with E-state index >= 15 is 0 Å². The summed E-state index contributed by atoms with van der Waals surface area (Å²) in [5.74, 6) is 0.405. The lowest BCUT2D eigenvalue weighted by molar-refractivity contribution is -0.343. The molecule has 4 atom stereocenters. The summed E-state index contributed by atoms with van der Waals surface area (Å²) in [6, 6.07) is 0. The van der Waals surface area contributed by atoms with Gasteiger partial charge in [-0.1, -0.05) is 11.6 Å². The summed E-state index contributed by atoms with van der Waals surface area (Å²) in [6.07, 6.45) is -0.935. The number of phosphoric acid groups is 1. The van der Waals surface area contributed by atoms with Gasteiger partial charge in [-0.25, -0.2) is 15.0 Å². The minimum atomic E-state index is -5.25. The van der Waals surface area contributed by atoms with Crippen molar-refractivity contribution in [2.24, 2.45) is 0 Å². The predicted octanol–water partition coefficient (Wildman–Crippen LogP) is -2.36. The largest absolute Gasteiger partial charge is 0.790 e. The normalized spacial score (nSPS) is 25.7. The van der Waals surface area contributed by atoms with Crippen LogP contribution in [0.2, 0.25) is 0 Å². The molecule has 1 saturated heterocycles. The molecule has 0 unspecified atom stereocenters. The van der Waals surface area contributed by atoms with E-state index < -0.39 is 39.0 Å². The molecule has 2 aromatic heterocycles. The summed E-state index contributed by atoms with van der Waals surface area (Å²) < 4.78 is 21.6. The highest BCUT2D eigenvalue weighted by atomic mass is 31.2. The maximum absolute atomic E-state index is 10.6. The van der Waals surface area contributed by atoms with E-state index in [-0.39, 0.29) is 6.61 Å². The number of anilines is 1. The summed E-state index contributed by atoms with van der Waals surface area (Å²) in [4.78, 5) is 33.7. The number of nitrogens with one attached hydrogen (secondary N) is 1. The van der Waals surface area contributed by atoms with Crippen LogP contribution in [0.1, 0.15) is 13.2 Å².